The highest BCUT2D eigenvalue weighted by Crippen LogP contribution is 2.14. The Morgan fingerprint density at radius 3 is 3.18 bits per heavy atom. The fourth-order valence-electron chi connectivity index (χ4n) is 1.25. The molecule has 0 saturated carbocycles. The van der Waals surface area contributed by atoms with Gasteiger partial charge in [0.05, 0.1) is 6.10 Å². The molecule has 17 heavy (non-hydrogen) atoms. The number of nitrogens with one attached hydrogen (secondary N) is 1. The predicted molar refractivity (Wildman–Crippen MR) is 60.1 cm³/mol. The third-order valence-corrected chi connectivity index (χ3v) is 2.82. The van der Waals surface area contributed by atoms with E-state index in [9.17, 15) is 9.90 Å². The third-order valence-electron chi connectivity index (χ3n) is 2.12. The van der Waals surface area contributed by atoms with E-state index in [1.807, 2.05) is 16.8 Å². The molecule has 2 N–H and O–H groups in total. The van der Waals surface area contributed by atoms with Gasteiger partial charge in [-0.15, -0.1) is 5.10 Å². The van der Waals surface area contributed by atoms with Crippen LogP contribution in [0.15, 0.2) is 23.2 Å². The number of carbonyl (C=O) groups is 1. The van der Waals surface area contributed by atoms with Gasteiger partial charge in [-0.05, 0) is 32.8 Å². The van der Waals surface area contributed by atoms with E-state index < -0.39 is 6.10 Å². The molecule has 2 heterocycles. The summed E-state index contributed by atoms with van der Waals surface area (Å²) < 4.78 is 1.31. The van der Waals surface area contributed by atoms with Gasteiger partial charge in [-0.25, -0.2) is 4.68 Å². The Labute approximate surface area is 101 Å². The van der Waals surface area contributed by atoms with Crippen molar-refractivity contribution in [1.82, 2.24) is 25.5 Å². The summed E-state index contributed by atoms with van der Waals surface area (Å²) in [6, 6.07) is 1.82. The molecule has 0 saturated heterocycles. The molecular weight excluding hydrogens is 242 g/mol. The van der Waals surface area contributed by atoms with Crippen LogP contribution in [0, 0.1) is 0 Å². The van der Waals surface area contributed by atoms with E-state index in [4.69, 9.17) is 0 Å². The first-order valence-electron chi connectivity index (χ1n) is 4.93. The number of tetrazole rings is 1. The smallest absolute Gasteiger partial charge is 0.241 e. The quantitative estimate of drug-likeness (QED) is 0.755. The number of hydrogen-bond donors (Lipinski definition) is 2. The number of amides is 1. The summed E-state index contributed by atoms with van der Waals surface area (Å²) in [5.41, 5.74) is 0.803. The molecule has 2 rings (SSSR count). The summed E-state index contributed by atoms with van der Waals surface area (Å²) in [5, 5.41) is 26.5. The minimum atomic E-state index is -0.681. The molecule has 0 aliphatic carbocycles. The summed E-state index contributed by atoms with van der Waals surface area (Å²) in [7, 11) is 0. The van der Waals surface area contributed by atoms with Crippen molar-refractivity contribution in [3.05, 3.63) is 28.7 Å². The highest BCUT2D eigenvalue weighted by molar-refractivity contribution is 7.07. The Bertz CT molecular complexity index is 456. The van der Waals surface area contributed by atoms with Crippen molar-refractivity contribution in [3.8, 4) is 0 Å². The molecule has 0 aliphatic heterocycles. The second kappa shape index (κ2) is 5.51. The standard InChI is InChI=1S/C9H11N5O2S/c15-8(7-1-2-17-5-7)3-10-9(16)4-14-6-11-12-13-14/h1-2,5-6,8,15H,3-4H2,(H,10,16). The molecule has 8 heteroatoms. The van der Waals surface area contributed by atoms with Gasteiger partial charge >= 0.3 is 0 Å². The van der Waals surface area contributed by atoms with Crippen molar-refractivity contribution in [2.24, 2.45) is 0 Å². The van der Waals surface area contributed by atoms with Gasteiger partial charge in [-0.3, -0.25) is 4.79 Å². The fourth-order valence-corrected chi connectivity index (χ4v) is 1.96. The molecule has 1 atom stereocenters. The van der Waals surface area contributed by atoms with Crippen LogP contribution in [0.2, 0.25) is 0 Å². The van der Waals surface area contributed by atoms with Crippen LogP contribution in [0.3, 0.4) is 0 Å². The maximum Gasteiger partial charge on any atom is 0.241 e. The highest BCUT2D eigenvalue weighted by Gasteiger charge is 2.10. The van der Waals surface area contributed by atoms with Gasteiger partial charge in [0.1, 0.15) is 12.9 Å². The lowest BCUT2D eigenvalue weighted by molar-refractivity contribution is -0.122. The molecule has 1 amide bonds. The molecule has 0 bridgehead atoms. The van der Waals surface area contributed by atoms with E-state index >= 15 is 0 Å². The first kappa shape index (κ1) is 11.7. The molecule has 0 fully saturated rings. The predicted octanol–water partition coefficient (Wildman–Crippen LogP) is -0.416. The van der Waals surface area contributed by atoms with Gasteiger partial charge in [-0.1, -0.05) is 0 Å². The number of aliphatic hydroxyl groups excluding tert-OH is 1. The minimum absolute atomic E-state index is 0.0450. The number of thiophene rings is 1. The summed E-state index contributed by atoms with van der Waals surface area (Å²) >= 11 is 1.50. The monoisotopic (exact) mass is 253 g/mol. The zero-order chi connectivity index (χ0) is 12.1. The number of nitrogens with zero attached hydrogens (tertiary/aromatic N) is 4. The lowest BCUT2D eigenvalue weighted by Gasteiger charge is -2.10. The van der Waals surface area contributed by atoms with Crippen LogP contribution < -0.4 is 5.32 Å². The lowest BCUT2D eigenvalue weighted by atomic mass is 10.2. The Kier molecular flexibility index (Phi) is 3.78. The van der Waals surface area contributed by atoms with Crippen molar-refractivity contribution >= 4 is 17.2 Å². The molecule has 0 aliphatic rings. The van der Waals surface area contributed by atoms with Crippen molar-refractivity contribution in [3.63, 3.8) is 0 Å². The van der Waals surface area contributed by atoms with E-state index in [-0.39, 0.29) is 19.0 Å². The number of aromatic nitrogens is 4. The van der Waals surface area contributed by atoms with Crippen LogP contribution in [0.5, 0.6) is 0 Å². The number of aliphatic hydroxyl groups is 1. The van der Waals surface area contributed by atoms with Crippen LogP contribution in [-0.4, -0.2) is 37.8 Å². The SMILES string of the molecule is O=C(Cn1cnnn1)NCC(O)c1ccsc1. The topological polar surface area (TPSA) is 92.9 Å². The Hall–Kier alpha value is -1.80. The van der Waals surface area contributed by atoms with Crippen molar-refractivity contribution in [2.75, 3.05) is 6.54 Å². The van der Waals surface area contributed by atoms with Gasteiger partial charge in [0.15, 0.2) is 0 Å². The van der Waals surface area contributed by atoms with Gasteiger partial charge in [0.2, 0.25) is 5.91 Å². The largest absolute Gasteiger partial charge is 0.387 e. The molecule has 1 unspecified atom stereocenters. The number of carbonyl (C=O) groups excluding carboxylic acids is 1. The second-order valence-electron chi connectivity index (χ2n) is 3.38. The van der Waals surface area contributed by atoms with E-state index in [1.54, 1.807) is 0 Å². The second-order valence-corrected chi connectivity index (χ2v) is 4.16. The van der Waals surface area contributed by atoms with E-state index in [2.05, 4.69) is 20.8 Å². The Morgan fingerprint density at radius 1 is 1.65 bits per heavy atom. The van der Waals surface area contributed by atoms with Crippen molar-refractivity contribution in [2.45, 2.75) is 12.6 Å². The molecule has 0 aromatic carbocycles. The van der Waals surface area contributed by atoms with Gasteiger partial charge < -0.3 is 10.4 Å². The van der Waals surface area contributed by atoms with Crippen LogP contribution in [-0.2, 0) is 11.3 Å². The van der Waals surface area contributed by atoms with Crippen LogP contribution >= 0.6 is 11.3 Å². The normalized spacial score (nSPS) is 12.3. The summed E-state index contributed by atoms with van der Waals surface area (Å²) in [4.78, 5) is 11.4. The Balaban J connectivity index is 1.76. The van der Waals surface area contributed by atoms with Crippen LogP contribution in [0.25, 0.3) is 0 Å². The van der Waals surface area contributed by atoms with Crippen LogP contribution in [0.1, 0.15) is 11.7 Å². The first-order valence-corrected chi connectivity index (χ1v) is 5.87. The van der Waals surface area contributed by atoms with Gasteiger partial charge in [0, 0.05) is 6.54 Å². The molecular formula is C9H11N5O2S. The number of rotatable bonds is 5. The maximum atomic E-state index is 11.4. The molecule has 0 radical (unpaired) electrons. The van der Waals surface area contributed by atoms with Gasteiger partial charge in [0.25, 0.3) is 0 Å². The molecule has 2 aromatic rings. The van der Waals surface area contributed by atoms with Crippen molar-refractivity contribution < 1.29 is 9.90 Å². The third kappa shape index (κ3) is 3.33. The van der Waals surface area contributed by atoms with Crippen LogP contribution in [0.4, 0.5) is 0 Å². The molecule has 2 aromatic heterocycles. The molecule has 7 nitrogen and oxygen atoms in total. The fraction of sp³-hybridized carbons (Fsp3) is 0.333. The summed E-state index contributed by atoms with van der Waals surface area (Å²) in [6.45, 7) is 0.223. The number of hydrogen-bond acceptors (Lipinski definition) is 6. The van der Waals surface area contributed by atoms with Gasteiger partial charge in [-0.2, -0.15) is 11.3 Å². The van der Waals surface area contributed by atoms with E-state index in [0.717, 1.165) is 5.56 Å². The van der Waals surface area contributed by atoms with E-state index in [0.29, 0.717) is 0 Å². The highest BCUT2D eigenvalue weighted by atomic mass is 32.1. The summed E-state index contributed by atoms with van der Waals surface area (Å²) in [5.74, 6) is -0.244. The lowest BCUT2D eigenvalue weighted by Crippen LogP contribution is -2.31. The zero-order valence-corrected chi connectivity index (χ0v) is 9.67. The maximum absolute atomic E-state index is 11.4. The Morgan fingerprint density at radius 2 is 2.53 bits per heavy atom. The molecule has 90 valence electrons. The van der Waals surface area contributed by atoms with Crippen molar-refractivity contribution in [1.29, 1.82) is 0 Å². The average molecular weight is 253 g/mol. The average Bonchev–Trinajstić information content (AvgIpc) is 2.97. The zero-order valence-electron chi connectivity index (χ0n) is 8.85. The minimum Gasteiger partial charge on any atom is -0.387 e. The molecule has 0 spiro atoms. The van der Waals surface area contributed by atoms with E-state index in [1.165, 1.54) is 22.3 Å². The summed E-state index contributed by atoms with van der Waals surface area (Å²) in [6.07, 6.45) is 0.675. The first-order chi connectivity index (χ1) is 8.25.